The summed E-state index contributed by atoms with van der Waals surface area (Å²) in [4.78, 5) is 51.5. The third kappa shape index (κ3) is 2.27. The first-order valence-corrected chi connectivity index (χ1v) is 7.71. The Morgan fingerprint density at radius 3 is 2.58 bits per heavy atom. The van der Waals surface area contributed by atoms with Crippen LogP contribution in [0.3, 0.4) is 0 Å². The van der Waals surface area contributed by atoms with E-state index in [2.05, 4.69) is 4.98 Å². The molecule has 128 valence electrons. The summed E-state index contributed by atoms with van der Waals surface area (Å²) >= 11 is 0. The van der Waals surface area contributed by atoms with Gasteiger partial charge in [0, 0.05) is 34.8 Å². The minimum atomic E-state index is -0.707. The minimum Gasteiger partial charge on any atom is -0.360 e. The van der Waals surface area contributed by atoms with E-state index in [0.717, 1.165) is 22.5 Å². The third-order valence-electron chi connectivity index (χ3n) is 4.36. The maximum Gasteiger partial charge on any atom is 0.270 e. The van der Waals surface area contributed by atoms with E-state index >= 15 is 0 Å². The second-order valence-corrected chi connectivity index (χ2v) is 5.85. The SMILES string of the molecule is O=C(CN1C(=O)c2ccc([N+](=O)[O-])cc2C1=O)c1c[nH]c2ccccc12. The number of carbonyl (C=O) groups excluding carboxylic acids is 3. The fourth-order valence-corrected chi connectivity index (χ4v) is 3.07. The molecule has 0 saturated heterocycles. The lowest BCUT2D eigenvalue weighted by atomic mass is 10.1. The molecular weight excluding hydrogens is 338 g/mol. The lowest BCUT2D eigenvalue weighted by Gasteiger charge is -2.12. The second-order valence-electron chi connectivity index (χ2n) is 5.85. The van der Waals surface area contributed by atoms with Gasteiger partial charge in [-0.25, -0.2) is 0 Å². The monoisotopic (exact) mass is 349 g/mol. The van der Waals surface area contributed by atoms with Gasteiger partial charge in [-0.1, -0.05) is 18.2 Å². The number of rotatable bonds is 4. The number of carbonyl (C=O) groups is 3. The van der Waals surface area contributed by atoms with Crippen LogP contribution < -0.4 is 0 Å². The van der Waals surface area contributed by atoms with Crippen LogP contribution in [-0.4, -0.2) is 38.9 Å². The Kier molecular flexibility index (Phi) is 3.40. The zero-order chi connectivity index (χ0) is 18.4. The van der Waals surface area contributed by atoms with Crippen LogP contribution >= 0.6 is 0 Å². The van der Waals surface area contributed by atoms with Gasteiger partial charge in [-0.3, -0.25) is 29.4 Å². The van der Waals surface area contributed by atoms with E-state index in [1.54, 1.807) is 12.1 Å². The molecule has 2 aromatic carbocycles. The Morgan fingerprint density at radius 2 is 1.81 bits per heavy atom. The molecule has 4 rings (SSSR count). The fraction of sp³-hybridized carbons (Fsp3) is 0.0556. The van der Waals surface area contributed by atoms with Gasteiger partial charge in [-0.15, -0.1) is 0 Å². The van der Waals surface area contributed by atoms with Crippen LogP contribution in [0.2, 0.25) is 0 Å². The highest BCUT2D eigenvalue weighted by atomic mass is 16.6. The Morgan fingerprint density at radius 1 is 1.08 bits per heavy atom. The van der Waals surface area contributed by atoms with Crippen molar-refractivity contribution in [3.05, 3.63) is 75.5 Å². The molecule has 0 unspecified atom stereocenters. The summed E-state index contributed by atoms with van der Waals surface area (Å²) in [5, 5.41) is 11.6. The van der Waals surface area contributed by atoms with Gasteiger partial charge in [0.05, 0.1) is 22.6 Å². The summed E-state index contributed by atoms with van der Waals surface area (Å²) in [5.41, 5.74) is 0.870. The van der Waals surface area contributed by atoms with Crippen molar-refractivity contribution in [1.29, 1.82) is 0 Å². The molecule has 0 spiro atoms. The van der Waals surface area contributed by atoms with E-state index in [0.29, 0.717) is 10.9 Å². The Hall–Kier alpha value is -3.81. The van der Waals surface area contributed by atoms with E-state index in [1.807, 2.05) is 12.1 Å². The van der Waals surface area contributed by atoms with E-state index in [9.17, 15) is 24.5 Å². The molecule has 0 saturated carbocycles. The number of imide groups is 1. The Labute approximate surface area is 146 Å². The van der Waals surface area contributed by atoms with Gasteiger partial charge >= 0.3 is 0 Å². The smallest absolute Gasteiger partial charge is 0.270 e. The maximum absolute atomic E-state index is 12.6. The maximum atomic E-state index is 12.6. The molecule has 8 nitrogen and oxygen atoms in total. The number of non-ortho nitro benzene ring substituents is 1. The number of aromatic amines is 1. The van der Waals surface area contributed by atoms with Crippen molar-refractivity contribution in [1.82, 2.24) is 9.88 Å². The number of nitrogens with one attached hydrogen (secondary N) is 1. The molecule has 1 aliphatic heterocycles. The molecule has 1 aromatic heterocycles. The molecule has 0 aliphatic carbocycles. The zero-order valence-corrected chi connectivity index (χ0v) is 13.3. The van der Waals surface area contributed by atoms with Gasteiger partial charge in [0.25, 0.3) is 17.5 Å². The van der Waals surface area contributed by atoms with Crippen LogP contribution in [0.5, 0.6) is 0 Å². The number of hydrogen-bond donors (Lipinski definition) is 1. The predicted octanol–water partition coefficient (Wildman–Crippen LogP) is 2.56. The van der Waals surface area contributed by atoms with Crippen LogP contribution in [0.4, 0.5) is 5.69 Å². The molecular formula is C18H11N3O5. The molecule has 1 N–H and O–H groups in total. The summed E-state index contributed by atoms with van der Waals surface area (Å²) in [6.07, 6.45) is 1.54. The van der Waals surface area contributed by atoms with Crippen LogP contribution in [0.25, 0.3) is 10.9 Å². The van der Waals surface area contributed by atoms with Gasteiger partial charge in [0.2, 0.25) is 0 Å². The molecule has 0 fully saturated rings. The number of Topliss-reactive ketones (excluding diaryl/α,β-unsaturated/α-hetero) is 1. The topological polar surface area (TPSA) is 113 Å². The predicted molar refractivity (Wildman–Crippen MR) is 91.1 cm³/mol. The normalized spacial score (nSPS) is 13.3. The third-order valence-corrected chi connectivity index (χ3v) is 4.36. The number of para-hydroxylation sites is 1. The molecule has 2 heterocycles. The highest BCUT2D eigenvalue weighted by Crippen LogP contribution is 2.27. The number of amides is 2. The molecule has 3 aromatic rings. The Balaban J connectivity index is 1.65. The van der Waals surface area contributed by atoms with Crippen LogP contribution in [-0.2, 0) is 0 Å². The number of ketones is 1. The highest BCUT2D eigenvalue weighted by molar-refractivity contribution is 6.23. The first-order chi connectivity index (χ1) is 12.5. The number of H-pyrrole nitrogens is 1. The quantitative estimate of drug-likeness (QED) is 0.336. The molecule has 0 bridgehead atoms. The number of nitrogens with zero attached hydrogens (tertiary/aromatic N) is 2. The summed E-state index contributed by atoms with van der Waals surface area (Å²) < 4.78 is 0. The van der Waals surface area contributed by atoms with Crippen LogP contribution in [0.1, 0.15) is 31.1 Å². The van der Waals surface area contributed by atoms with E-state index in [1.165, 1.54) is 12.3 Å². The number of benzene rings is 2. The molecule has 8 heteroatoms. The number of aromatic nitrogens is 1. The first kappa shape index (κ1) is 15.7. The van der Waals surface area contributed by atoms with Crippen LogP contribution in [0.15, 0.2) is 48.7 Å². The molecule has 1 aliphatic rings. The lowest BCUT2D eigenvalue weighted by Crippen LogP contribution is -2.34. The van der Waals surface area contributed by atoms with Crippen LogP contribution in [0, 0.1) is 10.1 Å². The summed E-state index contributed by atoms with van der Waals surface area (Å²) in [6.45, 7) is -0.429. The van der Waals surface area contributed by atoms with Gasteiger partial charge in [0.1, 0.15) is 0 Å². The fourth-order valence-electron chi connectivity index (χ4n) is 3.07. The van der Waals surface area contributed by atoms with Gasteiger partial charge < -0.3 is 4.98 Å². The summed E-state index contributed by atoms with van der Waals surface area (Å²) in [6, 6.07) is 10.7. The van der Waals surface area contributed by atoms with Crippen molar-refractivity contribution in [2.24, 2.45) is 0 Å². The van der Waals surface area contributed by atoms with Crippen molar-refractivity contribution in [2.45, 2.75) is 0 Å². The zero-order valence-electron chi connectivity index (χ0n) is 13.3. The number of nitro benzene ring substituents is 1. The second kappa shape index (κ2) is 5.62. The standard InChI is InChI=1S/C18H11N3O5/c22-16(14-8-19-15-4-2-1-3-11(14)15)9-20-17(23)12-6-5-10(21(25)26)7-13(12)18(20)24/h1-8,19H,9H2. The summed E-state index contributed by atoms with van der Waals surface area (Å²) in [7, 11) is 0. The van der Waals surface area contributed by atoms with Gasteiger partial charge in [-0.05, 0) is 12.1 Å². The number of hydrogen-bond acceptors (Lipinski definition) is 5. The van der Waals surface area contributed by atoms with Crippen molar-refractivity contribution in [3.8, 4) is 0 Å². The molecule has 26 heavy (non-hydrogen) atoms. The highest BCUT2D eigenvalue weighted by Gasteiger charge is 2.38. The van der Waals surface area contributed by atoms with Gasteiger partial charge in [0.15, 0.2) is 5.78 Å². The van der Waals surface area contributed by atoms with Crippen molar-refractivity contribution in [3.63, 3.8) is 0 Å². The van der Waals surface area contributed by atoms with Crippen molar-refractivity contribution >= 4 is 34.2 Å². The van der Waals surface area contributed by atoms with Crippen molar-refractivity contribution in [2.75, 3.05) is 6.54 Å². The van der Waals surface area contributed by atoms with Crippen molar-refractivity contribution < 1.29 is 19.3 Å². The average molecular weight is 349 g/mol. The van der Waals surface area contributed by atoms with E-state index < -0.39 is 29.1 Å². The van der Waals surface area contributed by atoms with Gasteiger partial charge in [-0.2, -0.15) is 0 Å². The average Bonchev–Trinajstić information content (AvgIpc) is 3.17. The molecule has 2 amide bonds. The van der Waals surface area contributed by atoms with E-state index in [-0.39, 0.29) is 16.8 Å². The van der Waals surface area contributed by atoms with E-state index in [4.69, 9.17) is 0 Å². The largest absolute Gasteiger partial charge is 0.360 e. The minimum absolute atomic E-state index is 0.0593. The molecule has 0 atom stereocenters. The number of nitro groups is 1. The Bertz CT molecular complexity index is 1110. The lowest BCUT2D eigenvalue weighted by molar-refractivity contribution is -0.384. The number of fused-ring (bicyclic) bond motifs is 2. The molecule has 0 radical (unpaired) electrons. The first-order valence-electron chi connectivity index (χ1n) is 7.71. The summed E-state index contributed by atoms with van der Waals surface area (Å²) in [5.74, 6) is -1.73.